The monoisotopic (exact) mass is 754 g/mol. The zero-order valence-corrected chi connectivity index (χ0v) is 31.5. The lowest BCUT2D eigenvalue weighted by atomic mass is 10.0. The van der Waals surface area contributed by atoms with E-state index in [9.17, 15) is 14.4 Å². The van der Waals surface area contributed by atoms with E-state index in [0.717, 1.165) is 53.9 Å². The fraction of sp³-hybridized carbons (Fsp3) is 0.308. The summed E-state index contributed by atoms with van der Waals surface area (Å²) in [6.45, 7) is 8.82. The number of aryl methyl sites for hydroxylation is 3. The minimum absolute atomic E-state index is 0.0263. The Labute approximate surface area is 316 Å². The van der Waals surface area contributed by atoms with Crippen LogP contribution in [0.5, 0.6) is 0 Å². The molecule has 274 valence electrons. The quantitative estimate of drug-likeness (QED) is 0.171. The van der Waals surface area contributed by atoms with Crippen LogP contribution in [-0.2, 0) is 22.4 Å². The lowest BCUT2D eigenvalue weighted by Gasteiger charge is -2.13. The molecule has 1 unspecified atom stereocenters. The van der Waals surface area contributed by atoms with Crippen LogP contribution in [0.25, 0.3) is 11.3 Å². The maximum atomic E-state index is 12.7. The number of ether oxygens (including phenoxy) is 1. The number of carbonyl (C=O) groups excluding carboxylic acids is 3. The second kappa shape index (κ2) is 16.7. The molecule has 0 bridgehead atoms. The first-order chi connectivity index (χ1) is 25.5. The number of benzene rings is 2. The van der Waals surface area contributed by atoms with Gasteiger partial charge in [-0.15, -0.1) is 0 Å². The molecule has 1 atom stereocenters. The standard InChI is InChI=1S/C22H26N4O2.C17H14Cl2N4O2/c1-14-6-4-7-17(10-14)11-19-15(2)25-21-20(13-24-26(21)16(19)3)22(27)23-12-18-8-5-9-28-18;1-10(24)6-21-17(25)13-8-22-23-9-11(7-20-16(13)23)5-12-3-2-4-14(18)15(12)19/h4,6-7,10,13,18H,5,8-9,11-12H2,1-3H3,(H,23,27);2-4,7-9H,5-6H2,1H3,(H,21,25). The van der Waals surface area contributed by atoms with E-state index in [-0.39, 0.29) is 30.2 Å². The average molecular weight is 756 g/mol. The van der Waals surface area contributed by atoms with Crippen molar-refractivity contribution in [1.29, 1.82) is 0 Å². The molecule has 2 amide bonds. The van der Waals surface area contributed by atoms with Crippen molar-refractivity contribution in [3.8, 4) is 0 Å². The highest BCUT2D eigenvalue weighted by Crippen LogP contribution is 2.27. The maximum absolute atomic E-state index is 12.7. The molecule has 1 aliphatic heterocycles. The number of Topliss-reactive ketones (excluding diaryl/α,β-unsaturated/α-hetero) is 1. The van der Waals surface area contributed by atoms with Gasteiger partial charge in [0.15, 0.2) is 11.3 Å². The summed E-state index contributed by atoms with van der Waals surface area (Å²) in [7, 11) is 0. The molecule has 1 fully saturated rings. The first-order valence-electron chi connectivity index (χ1n) is 17.3. The summed E-state index contributed by atoms with van der Waals surface area (Å²) in [5.74, 6) is -0.662. The van der Waals surface area contributed by atoms with E-state index >= 15 is 0 Å². The summed E-state index contributed by atoms with van der Waals surface area (Å²) in [6, 6.07) is 13.9. The van der Waals surface area contributed by atoms with Crippen molar-refractivity contribution in [1.82, 2.24) is 39.8 Å². The number of hydrogen-bond acceptors (Lipinski definition) is 8. The van der Waals surface area contributed by atoms with Gasteiger partial charge in [-0.05, 0) is 68.9 Å². The Balaban J connectivity index is 0.000000183. The zero-order valence-electron chi connectivity index (χ0n) is 30.0. The van der Waals surface area contributed by atoms with E-state index in [1.807, 2.05) is 26.0 Å². The Morgan fingerprint density at radius 2 is 1.66 bits per heavy atom. The largest absolute Gasteiger partial charge is 0.376 e. The van der Waals surface area contributed by atoms with Gasteiger partial charge in [0.2, 0.25) is 0 Å². The molecule has 14 heteroatoms. The van der Waals surface area contributed by atoms with E-state index < -0.39 is 0 Å². The van der Waals surface area contributed by atoms with Gasteiger partial charge in [-0.2, -0.15) is 10.2 Å². The van der Waals surface area contributed by atoms with E-state index in [4.69, 9.17) is 32.9 Å². The second-order valence-corrected chi connectivity index (χ2v) is 13.9. The molecule has 0 spiro atoms. The summed E-state index contributed by atoms with van der Waals surface area (Å²) < 4.78 is 8.88. The fourth-order valence-corrected chi connectivity index (χ4v) is 6.62. The van der Waals surface area contributed by atoms with Crippen molar-refractivity contribution >= 4 is 52.1 Å². The van der Waals surface area contributed by atoms with Crippen molar-refractivity contribution in [3.05, 3.63) is 128 Å². The number of nitrogens with one attached hydrogen (secondary N) is 2. The Morgan fingerprint density at radius 3 is 2.42 bits per heavy atom. The van der Waals surface area contributed by atoms with Crippen LogP contribution in [0, 0.1) is 20.8 Å². The molecule has 1 saturated heterocycles. The minimum Gasteiger partial charge on any atom is -0.376 e. The summed E-state index contributed by atoms with van der Waals surface area (Å²) in [4.78, 5) is 44.8. The van der Waals surface area contributed by atoms with Crippen LogP contribution in [0.4, 0.5) is 0 Å². The number of hydrogen-bond donors (Lipinski definition) is 2. The van der Waals surface area contributed by atoms with Gasteiger partial charge in [-0.25, -0.2) is 19.0 Å². The van der Waals surface area contributed by atoms with E-state index in [2.05, 4.69) is 57.0 Å². The van der Waals surface area contributed by atoms with Crippen LogP contribution in [0.3, 0.4) is 0 Å². The number of nitrogens with zero attached hydrogens (tertiary/aromatic N) is 6. The van der Waals surface area contributed by atoms with Crippen molar-refractivity contribution in [2.24, 2.45) is 0 Å². The number of aromatic nitrogens is 6. The number of amides is 2. The number of fused-ring (bicyclic) bond motifs is 2. The number of halogens is 2. The van der Waals surface area contributed by atoms with Gasteiger partial charge in [0.25, 0.3) is 11.8 Å². The molecule has 1 aliphatic rings. The molecule has 0 aliphatic carbocycles. The molecule has 2 N–H and O–H groups in total. The van der Waals surface area contributed by atoms with Crippen molar-refractivity contribution < 1.29 is 19.1 Å². The number of rotatable bonds is 10. The molecule has 7 rings (SSSR count). The molecule has 5 heterocycles. The summed E-state index contributed by atoms with van der Waals surface area (Å²) in [5, 5.41) is 15.1. The molecule has 12 nitrogen and oxygen atoms in total. The second-order valence-electron chi connectivity index (χ2n) is 13.1. The highest BCUT2D eigenvalue weighted by Gasteiger charge is 2.21. The maximum Gasteiger partial charge on any atom is 0.257 e. The Hall–Kier alpha value is -5.17. The lowest BCUT2D eigenvalue weighted by molar-refractivity contribution is -0.116. The van der Waals surface area contributed by atoms with Crippen LogP contribution in [-0.4, -0.2) is 72.6 Å². The minimum atomic E-state index is -0.386. The van der Waals surface area contributed by atoms with Crippen LogP contribution in [0.1, 0.15) is 79.7 Å². The zero-order chi connectivity index (χ0) is 37.6. The van der Waals surface area contributed by atoms with Crippen molar-refractivity contribution in [2.75, 3.05) is 19.7 Å². The third-order valence-corrected chi connectivity index (χ3v) is 9.87. The molecule has 53 heavy (non-hydrogen) atoms. The van der Waals surface area contributed by atoms with E-state index in [1.165, 1.54) is 28.8 Å². The van der Waals surface area contributed by atoms with E-state index in [1.54, 1.807) is 29.2 Å². The molecule has 2 aromatic carbocycles. The molecule has 4 aromatic heterocycles. The summed E-state index contributed by atoms with van der Waals surface area (Å²) >= 11 is 12.2. The first-order valence-corrected chi connectivity index (χ1v) is 18.1. The van der Waals surface area contributed by atoms with Crippen molar-refractivity contribution in [2.45, 2.75) is 59.5 Å². The lowest BCUT2D eigenvalue weighted by Crippen LogP contribution is -2.31. The fourth-order valence-electron chi connectivity index (χ4n) is 6.23. The SMILES string of the molecule is CC(=O)CNC(=O)c1cnn2cc(Cc3cccc(Cl)c3Cl)cnc12.Cc1cccc(Cc2c(C)nc3c(C(=O)NCC4CCCO4)cnn3c2C)c1. The van der Waals surface area contributed by atoms with Gasteiger partial charge in [0, 0.05) is 49.8 Å². The topological polar surface area (TPSA) is 145 Å². The Kier molecular flexibility index (Phi) is 11.8. The molecular formula is C39H40Cl2N8O4. The van der Waals surface area contributed by atoms with E-state index in [0.29, 0.717) is 45.4 Å². The summed E-state index contributed by atoms with van der Waals surface area (Å²) in [5.41, 5.74) is 9.17. The van der Waals surface area contributed by atoms with Gasteiger partial charge >= 0.3 is 0 Å². The predicted octanol–water partition coefficient (Wildman–Crippen LogP) is 6.10. The predicted molar refractivity (Wildman–Crippen MR) is 203 cm³/mol. The van der Waals surface area contributed by atoms with Gasteiger partial charge in [0.05, 0.1) is 35.1 Å². The smallest absolute Gasteiger partial charge is 0.257 e. The van der Waals surface area contributed by atoms with Crippen LogP contribution in [0.15, 0.2) is 67.3 Å². The Bertz CT molecular complexity index is 2310. The third-order valence-electron chi connectivity index (χ3n) is 9.01. The van der Waals surface area contributed by atoms with Gasteiger partial charge in [-0.1, -0.05) is 65.2 Å². The average Bonchev–Trinajstić information content (AvgIpc) is 3.91. The highest BCUT2D eigenvalue weighted by molar-refractivity contribution is 6.42. The third kappa shape index (κ3) is 8.90. The molecule has 0 saturated carbocycles. The highest BCUT2D eigenvalue weighted by atomic mass is 35.5. The van der Waals surface area contributed by atoms with Crippen LogP contribution in [0.2, 0.25) is 10.0 Å². The number of carbonyl (C=O) groups is 3. The van der Waals surface area contributed by atoms with Gasteiger partial charge in [0.1, 0.15) is 16.9 Å². The van der Waals surface area contributed by atoms with Crippen LogP contribution < -0.4 is 10.6 Å². The van der Waals surface area contributed by atoms with Crippen molar-refractivity contribution in [3.63, 3.8) is 0 Å². The van der Waals surface area contributed by atoms with Crippen LogP contribution >= 0.6 is 23.2 Å². The Morgan fingerprint density at radius 1 is 0.906 bits per heavy atom. The normalized spacial score (nSPS) is 13.9. The molecule has 0 radical (unpaired) electrons. The summed E-state index contributed by atoms with van der Waals surface area (Å²) in [6.07, 6.45) is 9.97. The first kappa shape index (κ1) is 37.6. The van der Waals surface area contributed by atoms with Gasteiger partial charge in [-0.3, -0.25) is 14.4 Å². The molecular weight excluding hydrogens is 715 g/mol. The number of ketones is 1. The molecule has 6 aromatic rings. The van der Waals surface area contributed by atoms with Gasteiger partial charge < -0.3 is 15.4 Å².